The number of nitrogens with zero attached hydrogens (tertiary/aromatic N) is 4. The molecule has 0 atom stereocenters. The SMILES string of the molecule is CS(=O)(=O)c1cccnc1N1CCN(c2ccccc2C#N)CC1. The van der Waals surface area contributed by atoms with Crippen LogP contribution in [0.5, 0.6) is 0 Å². The van der Waals surface area contributed by atoms with E-state index in [1.165, 1.54) is 6.26 Å². The van der Waals surface area contributed by atoms with E-state index in [2.05, 4.69) is 16.0 Å². The highest BCUT2D eigenvalue weighted by molar-refractivity contribution is 7.90. The van der Waals surface area contributed by atoms with E-state index in [1.807, 2.05) is 29.2 Å². The second-order valence-electron chi connectivity index (χ2n) is 5.70. The van der Waals surface area contributed by atoms with Gasteiger partial charge in [0.2, 0.25) is 0 Å². The summed E-state index contributed by atoms with van der Waals surface area (Å²) in [4.78, 5) is 8.68. The van der Waals surface area contributed by atoms with Gasteiger partial charge in [0.25, 0.3) is 0 Å². The average molecular weight is 342 g/mol. The summed E-state index contributed by atoms with van der Waals surface area (Å²) in [6, 6.07) is 13.0. The lowest BCUT2D eigenvalue weighted by Crippen LogP contribution is -2.47. The van der Waals surface area contributed by atoms with Crippen LogP contribution in [0.25, 0.3) is 0 Å². The van der Waals surface area contributed by atoms with E-state index in [0.29, 0.717) is 37.6 Å². The first-order chi connectivity index (χ1) is 11.5. The van der Waals surface area contributed by atoms with Crippen molar-refractivity contribution in [2.45, 2.75) is 4.90 Å². The molecule has 0 radical (unpaired) electrons. The zero-order valence-electron chi connectivity index (χ0n) is 13.4. The van der Waals surface area contributed by atoms with Gasteiger partial charge in [0, 0.05) is 38.6 Å². The Morgan fingerprint density at radius 3 is 2.38 bits per heavy atom. The van der Waals surface area contributed by atoms with Crippen LogP contribution in [0, 0.1) is 11.3 Å². The fourth-order valence-corrected chi connectivity index (χ4v) is 3.75. The number of nitriles is 1. The van der Waals surface area contributed by atoms with Gasteiger partial charge in [-0.05, 0) is 24.3 Å². The minimum absolute atomic E-state index is 0.260. The first kappa shape index (κ1) is 16.3. The second kappa shape index (κ2) is 6.49. The Bertz CT molecular complexity index is 881. The molecule has 24 heavy (non-hydrogen) atoms. The lowest BCUT2D eigenvalue weighted by atomic mass is 10.1. The molecule has 7 heteroatoms. The Morgan fingerprint density at radius 1 is 1.04 bits per heavy atom. The normalized spacial score (nSPS) is 15.2. The van der Waals surface area contributed by atoms with Gasteiger partial charge in [0.1, 0.15) is 16.8 Å². The third-order valence-corrected chi connectivity index (χ3v) is 5.21. The first-order valence-corrected chi connectivity index (χ1v) is 9.54. The van der Waals surface area contributed by atoms with E-state index in [9.17, 15) is 13.7 Å². The van der Waals surface area contributed by atoms with Gasteiger partial charge >= 0.3 is 0 Å². The molecule has 0 unspecified atom stereocenters. The molecule has 1 aromatic heterocycles. The highest BCUT2D eigenvalue weighted by Gasteiger charge is 2.24. The number of anilines is 2. The molecule has 124 valence electrons. The Morgan fingerprint density at radius 2 is 1.71 bits per heavy atom. The van der Waals surface area contributed by atoms with Crippen LogP contribution in [0.2, 0.25) is 0 Å². The number of sulfone groups is 1. The van der Waals surface area contributed by atoms with Gasteiger partial charge in [-0.3, -0.25) is 0 Å². The van der Waals surface area contributed by atoms with Gasteiger partial charge in [-0.2, -0.15) is 5.26 Å². The minimum Gasteiger partial charge on any atom is -0.367 e. The van der Waals surface area contributed by atoms with E-state index in [4.69, 9.17) is 0 Å². The summed E-state index contributed by atoms with van der Waals surface area (Å²) in [6.45, 7) is 2.72. The zero-order valence-corrected chi connectivity index (χ0v) is 14.2. The van der Waals surface area contributed by atoms with Crippen LogP contribution in [0.1, 0.15) is 5.56 Å². The Kier molecular flexibility index (Phi) is 4.40. The van der Waals surface area contributed by atoms with Gasteiger partial charge in [-0.1, -0.05) is 12.1 Å². The summed E-state index contributed by atoms with van der Waals surface area (Å²) in [5.41, 5.74) is 1.57. The summed E-state index contributed by atoms with van der Waals surface area (Å²) in [5, 5.41) is 9.24. The lowest BCUT2D eigenvalue weighted by Gasteiger charge is -2.37. The highest BCUT2D eigenvalue weighted by atomic mass is 32.2. The van der Waals surface area contributed by atoms with Crippen molar-refractivity contribution in [2.24, 2.45) is 0 Å². The molecule has 0 bridgehead atoms. The fourth-order valence-electron chi connectivity index (χ4n) is 2.91. The van der Waals surface area contributed by atoms with E-state index in [1.54, 1.807) is 18.3 Å². The average Bonchev–Trinajstić information content (AvgIpc) is 2.61. The molecule has 0 spiro atoms. The Hall–Kier alpha value is -2.59. The quantitative estimate of drug-likeness (QED) is 0.845. The number of piperazine rings is 1. The maximum Gasteiger partial charge on any atom is 0.179 e. The van der Waals surface area contributed by atoms with E-state index in [-0.39, 0.29) is 4.90 Å². The number of hydrogen-bond donors (Lipinski definition) is 0. The summed E-state index contributed by atoms with van der Waals surface area (Å²) in [5.74, 6) is 0.508. The van der Waals surface area contributed by atoms with Gasteiger partial charge in [0.15, 0.2) is 9.84 Å². The van der Waals surface area contributed by atoms with Gasteiger partial charge < -0.3 is 9.80 Å². The van der Waals surface area contributed by atoms with Gasteiger partial charge in [-0.15, -0.1) is 0 Å². The number of rotatable bonds is 3. The number of benzene rings is 1. The van der Waals surface area contributed by atoms with Crippen molar-refractivity contribution >= 4 is 21.3 Å². The monoisotopic (exact) mass is 342 g/mol. The van der Waals surface area contributed by atoms with Crippen LogP contribution in [0.4, 0.5) is 11.5 Å². The van der Waals surface area contributed by atoms with Crippen LogP contribution in [0.3, 0.4) is 0 Å². The van der Waals surface area contributed by atoms with Crippen molar-refractivity contribution in [3.8, 4) is 6.07 Å². The molecule has 1 aliphatic rings. The van der Waals surface area contributed by atoms with Crippen LogP contribution in [0.15, 0.2) is 47.5 Å². The number of para-hydroxylation sites is 1. The van der Waals surface area contributed by atoms with Crippen molar-refractivity contribution in [1.29, 1.82) is 5.26 Å². The molecular formula is C17H18N4O2S. The van der Waals surface area contributed by atoms with E-state index in [0.717, 1.165) is 5.69 Å². The first-order valence-electron chi connectivity index (χ1n) is 7.65. The third-order valence-electron chi connectivity index (χ3n) is 4.09. The van der Waals surface area contributed by atoms with E-state index < -0.39 is 9.84 Å². The smallest absolute Gasteiger partial charge is 0.179 e. The lowest BCUT2D eigenvalue weighted by molar-refractivity contribution is 0.598. The molecular weight excluding hydrogens is 324 g/mol. The van der Waals surface area contributed by atoms with E-state index >= 15 is 0 Å². The molecule has 1 aromatic carbocycles. The van der Waals surface area contributed by atoms with Crippen LogP contribution < -0.4 is 9.80 Å². The van der Waals surface area contributed by atoms with Gasteiger partial charge in [0.05, 0.1) is 11.3 Å². The van der Waals surface area contributed by atoms with Crippen molar-refractivity contribution in [2.75, 3.05) is 42.2 Å². The number of hydrogen-bond acceptors (Lipinski definition) is 6. The van der Waals surface area contributed by atoms with Crippen molar-refractivity contribution in [3.63, 3.8) is 0 Å². The minimum atomic E-state index is -3.32. The van der Waals surface area contributed by atoms with Crippen molar-refractivity contribution < 1.29 is 8.42 Å². The molecule has 6 nitrogen and oxygen atoms in total. The molecule has 0 N–H and O–H groups in total. The summed E-state index contributed by atoms with van der Waals surface area (Å²) in [7, 11) is -3.32. The van der Waals surface area contributed by atoms with Crippen LogP contribution >= 0.6 is 0 Å². The molecule has 1 saturated heterocycles. The largest absolute Gasteiger partial charge is 0.367 e. The zero-order chi connectivity index (χ0) is 17.2. The maximum atomic E-state index is 12.0. The molecule has 0 saturated carbocycles. The molecule has 1 fully saturated rings. The third kappa shape index (κ3) is 3.19. The van der Waals surface area contributed by atoms with Gasteiger partial charge in [-0.25, -0.2) is 13.4 Å². The fraction of sp³-hybridized carbons (Fsp3) is 0.294. The van der Waals surface area contributed by atoms with Crippen molar-refractivity contribution in [3.05, 3.63) is 48.2 Å². The summed E-state index contributed by atoms with van der Waals surface area (Å²) < 4.78 is 23.9. The van der Waals surface area contributed by atoms with Crippen LogP contribution in [-0.4, -0.2) is 45.8 Å². The topological polar surface area (TPSA) is 77.3 Å². The molecule has 2 heterocycles. The Balaban J connectivity index is 1.81. The molecule has 2 aromatic rings. The predicted octanol–water partition coefficient (Wildman–Crippen LogP) is 1.68. The maximum absolute atomic E-state index is 12.0. The van der Waals surface area contributed by atoms with Crippen molar-refractivity contribution in [1.82, 2.24) is 4.98 Å². The highest BCUT2D eigenvalue weighted by Crippen LogP contribution is 2.26. The summed E-state index contributed by atoms with van der Waals surface area (Å²) >= 11 is 0. The van der Waals surface area contributed by atoms with Crippen LogP contribution in [-0.2, 0) is 9.84 Å². The molecule has 3 rings (SSSR count). The predicted molar refractivity (Wildman–Crippen MR) is 92.9 cm³/mol. The summed E-state index contributed by atoms with van der Waals surface area (Å²) in [6.07, 6.45) is 2.81. The standard InChI is InChI=1S/C17H18N4O2S/c1-24(22,23)16-7-4-8-19-17(16)21-11-9-20(10-12-21)15-6-3-2-5-14(15)13-18/h2-8H,9-12H2,1H3. The second-order valence-corrected chi connectivity index (χ2v) is 7.68. The number of pyridine rings is 1. The molecule has 0 amide bonds. The molecule has 0 aliphatic carbocycles. The Labute approximate surface area is 141 Å². The molecule has 1 aliphatic heterocycles. The number of aromatic nitrogens is 1.